The molecule has 1 N–H and O–H groups in total. The van der Waals surface area contributed by atoms with Crippen molar-refractivity contribution in [3.8, 4) is 28.7 Å². The zero-order chi connectivity index (χ0) is 68.2. The normalized spacial score (nSPS) is 17.5. The van der Waals surface area contributed by atoms with Crippen molar-refractivity contribution in [3.05, 3.63) is 249 Å². The van der Waals surface area contributed by atoms with E-state index in [9.17, 15) is 28.4 Å². The van der Waals surface area contributed by atoms with Gasteiger partial charge < -0.3 is 48.6 Å². The van der Waals surface area contributed by atoms with Crippen LogP contribution in [-0.4, -0.2) is 135 Å². The third-order valence-corrected chi connectivity index (χ3v) is 18.9. The Balaban J connectivity index is 0.000000141. The second-order valence-electron chi connectivity index (χ2n) is 24.4. The van der Waals surface area contributed by atoms with Gasteiger partial charge in [-0.3, -0.25) is 24.0 Å². The van der Waals surface area contributed by atoms with E-state index in [1.54, 1.807) is 63.9 Å². The number of para-hydroxylation sites is 2. The van der Waals surface area contributed by atoms with Gasteiger partial charge in [-0.1, -0.05) is 132 Å². The first kappa shape index (κ1) is 70.1. The summed E-state index contributed by atoms with van der Waals surface area (Å²) in [5, 5.41) is 3.92. The van der Waals surface area contributed by atoms with Gasteiger partial charge in [0.25, 0.3) is 0 Å². The second kappa shape index (κ2) is 34.3. The summed E-state index contributed by atoms with van der Waals surface area (Å²) in [4.78, 5) is 72.7. The highest BCUT2D eigenvalue weighted by Gasteiger charge is 2.32. The standard InChI is InChI=1S/C21H23N3O3.C19H18ClNO3.C19H20ClNO2.C19H20FNO2/c1-15(25)23-20-9-7-16(13-22-20)8-10-21(26)24-12-11-17(14-24)18-5-3-4-6-19(18)27-2;20-16-4-2-1-3-14(16)10-19(22)21-8-7-15(11-21)13-5-6-17-18(9-13)24-12-23-17;1-23-17-8-6-14(7-9-17)16-10-11-21(13-16)19(22)12-15-4-2-3-5-18(15)20;1-23-18-9-5-3-7-16(18)15-10-11-21(13-15)19(22)12-14-6-2-4-8-17(14)20/h3-10,13,17H,11-12,14H2,1-2H3,(H,22,23,25);1-6,9,15H,7-8,10-12H2;2-9,16H,10-13H2,1H3;2-9,15H,10-13H2,1H3/b10-8+;;;. The largest absolute Gasteiger partial charge is 0.497 e. The lowest BCUT2D eigenvalue weighted by Crippen LogP contribution is -2.30. The van der Waals surface area contributed by atoms with Gasteiger partial charge >= 0.3 is 0 Å². The maximum atomic E-state index is 13.7. The predicted octanol–water partition coefficient (Wildman–Crippen LogP) is 14.0. The Morgan fingerprint density at radius 3 is 1.52 bits per heavy atom. The van der Waals surface area contributed by atoms with Crippen molar-refractivity contribution < 1.29 is 52.0 Å². The number of rotatable bonds is 16. The highest BCUT2D eigenvalue weighted by atomic mass is 35.5. The number of halogens is 3. The number of nitrogens with zero attached hydrogens (tertiary/aromatic N) is 5. The topological polar surface area (TPSA) is 169 Å². The van der Waals surface area contributed by atoms with Gasteiger partial charge in [0.15, 0.2) is 11.5 Å². The molecular formula is C78H81Cl2FN6O10. The lowest BCUT2D eigenvalue weighted by atomic mass is 9.97. The summed E-state index contributed by atoms with van der Waals surface area (Å²) in [5.74, 6) is 5.74. The summed E-state index contributed by atoms with van der Waals surface area (Å²) in [6, 6.07) is 55.1. The molecule has 7 aromatic carbocycles. The first-order valence-electron chi connectivity index (χ1n) is 32.7. The van der Waals surface area contributed by atoms with E-state index in [2.05, 4.69) is 34.6 Å². The molecule has 0 bridgehead atoms. The third-order valence-electron chi connectivity index (χ3n) is 18.1. The molecule has 4 unspecified atom stereocenters. The Hall–Kier alpha value is -9.71. The Morgan fingerprint density at radius 1 is 0.526 bits per heavy atom. The van der Waals surface area contributed by atoms with E-state index < -0.39 is 0 Å². The van der Waals surface area contributed by atoms with E-state index in [1.807, 2.05) is 141 Å². The molecule has 0 spiro atoms. The van der Waals surface area contributed by atoms with E-state index >= 15 is 0 Å². The van der Waals surface area contributed by atoms with Crippen LogP contribution in [-0.2, 0) is 43.2 Å². The van der Waals surface area contributed by atoms with Gasteiger partial charge in [0.1, 0.15) is 28.9 Å². The Bertz CT molecular complexity index is 4040. The average Bonchev–Trinajstić information content (AvgIpc) is 1.75. The first-order chi connectivity index (χ1) is 47.1. The molecule has 5 aliphatic rings. The fraction of sp³-hybridized carbons (Fsp3) is 0.308. The van der Waals surface area contributed by atoms with Crippen LogP contribution in [0.1, 0.15) is 101 Å². The molecule has 0 radical (unpaired) electrons. The van der Waals surface area contributed by atoms with Crippen LogP contribution in [0.3, 0.4) is 0 Å². The minimum absolute atomic E-state index is 0.0154. The molecule has 0 saturated carbocycles. The monoisotopic (exact) mass is 1350 g/mol. The lowest BCUT2D eigenvalue weighted by molar-refractivity contribution is -0.130. The fourth-order valence-electron chi connectivity index (χ4n) is 12.8. The second-order valence-corrected chi connectivity index (χ2v) is 25.2. The van der Waals surface area contributed by atoms with Crippen LogP contribution in [0.15, 0.2) is 188 Å². The van der Waals surface area contributed by atoms with E-state index in [0.717, 1.165) is 115 Å². The Labute approximate surface area is 576 Å². The number of ether oxygens (including phenoxy) is 5. The number of benzene rings is 7. The number of pyridine rings is 1. The molecule has 0 aliphatic carbocycles. The number of methoxy groups -OCH3 is 3. The smallest absolute Gasteiger partial charge is 0.246 e. The molecule has 13 rings (SSSR count). The Kier molecular flexibility index (Phi) is 24.8. The summed E-state index contributed by atoms with van der Waals surface area (Å²) in [7, 11) is 5.00. The summed E-state index contributed by atoms with van der Waals surface area (Å²) >= 11 is 12.3. The molecule has 1 aromatic heterocycles. The highest BCUT2D eigenvalue weighted by molar-refractivity contribution is 6.31. The third kappa shape index (κ3) is 19.1. The number of anilines is 1. The van der Waals surface area contributed by atoms with Gasteiger partial charge in [-0.05, 0) is 143 Å². The molecule has 4 saturated heterocycles. The van der Waals surface area contributed by atoms with Crippen LogP contribution >= 0.6 is 23.2 Å². The zero-order valence-corrected chi connectivity index (χ0v) is 56.6. The van der Waals surface area contributed by atoms with Crippen molar-refractivity contribution in [2.75, 3.05) is 85.8 Å². The summed E-state index contributed by atoms with van der Waals surface area (Å²) in [6.45, 7) is 7.59. The van der Waals surface area contributed by atoms with Crippen molar-refractivity contribution in [2.45, 2.75) is 75.5 Å². The molecule has 16 nitrogen and oxygen atoms in total. The number of nitrogens with one attached hydrogen (secondary N) is 1. The van der Waals surface area contributed by atoms with E-state index in [4.69, 9.17) is 46.9 Å². The summed E-state index contributed by atoms with van der Waals surface area (Å²) in [5.41, 5.74) is 7.79. The number of carbonyl (C=O) groups excluding carboxylic acids is 5. The van der Waals surface area contributed by atoms with Gasteiger partial charge in [0, 0.05) is 105 Å². The zero-order valence-electron chi connectivity index (χ0n) is 55.1. The average molecular weight is 1350 g/mol. The van der Waals surface area contributed by atoms with Crippen LogP contribution in [0.5, 0.6) is 28.7 Å². The van der Waals surface area contributed by atoms with Gasteiger partial charge in [0.2, 0.25) is 36.3 Å². The van der Waals surface area contributed by atoms with E-state index in [-0.39, 0.29) is 60.4 Å². The fourth-order valence-corrected chi connectivity index (χ4v) is 13.2. The van der Waals surface area contributed by atoms with Gasteiger partial charge in [-0.2, -0.15) is 0 Å². The van der Waals surface area contributed by atoms with Crippen LogP contribution < -0.4 is 29.0 Å². The quantitative estimate of drug-likeness (QED) is 0.0914. The van der Waals surface area contributed by atoms with Crippen LogP contribution in [0, 0.1) is 5.82 Å². The Morgan fingerprint density at radius 2 is 0.990 bits per heavy atom. The van der Waals surface area contributed by atoms with Crippen LogP contribution in [0.25, 0.3) is 6.08 Å². The van der Waals surface area contributed by atoms with Crippen LogP contribution in [0.4, 0.5) is 10.2 Å². The maximum Gasteiger partial charge on any atom is 0.246 e. The van der Waals surface area contributed by atoms with E-state index in [1.165, 1.54) is 24.1 Å². The summed E-state index contributed by atoms with van der Waals surface area (Å²) < 4.78 is 40.5. The molecule has 8 aromatic rings. The van der Waals surface area contributed by atoms with Crippen molar-refractivity contribution in [1.82, 2.24) is 24.6 Å². The molecule has 5 amide bonds. The molecular weight excluding hydrogens is 1270 g/mol. The molecule has 4 atom stereocenters. The molecule has 19 heteroatoms. The van der Waals surface area contributed by atoms with Crippen molar-refractivity contribution in [3.63, 3.8) is 0 Å². The first-order valence-corrected chi connectivity index (χ1v) is 33.4. The minimum atomic E-state index is -0.318. The SMILES string of the molecule is COc1ccc(C2CCN(C(=O)Cc3ccccc3Cl)C2)cc1.COc1ccccc1C1CCN(C(=O)/C=C/c2ccc(NC(C)=O)nc2)C1.COc1ccccc1C1CCN(C(=O)Cc2ccccc2F)C1.O=C(Cc1ccccc1Cl)N1CCC(c2ccc3c(c2)OCO3)C1. The van der Waals surface area contributed by atoms with E-state index in [0.29, 0.717) is 65.7 Å². The van der Waals surface area contributed by atoms with Crippen molar-refractivity contribution in [1.29, 1.82) is 0 Å². The van der Waals surface area contributed by atoms with Gasteiger partial charge in [-0.25, -0.2) is 9.37 Å². The lowest BCUT2D eigenvalue weighted by Gasteiger charge is -2.18. The van der Waals surface area contributed by atoms with Crippen molar-refractivity contribution in [2.24, 2.45) is 0 Å². The number of hydrogen-bond donors (Lipinski definition) is 1. The predicted molar refractivity (Wildman–Crippen MR) is 375 cm³/mol. The number of carbonyl (C=O) groups is 5. The number of amides is 5. The summed E-state index contributed by atoms with van der Waals surface area (Å²) in [6.07, 6.45) is 9.57. The maximum absolute atomic E-state index is 13.7. The van der Waals surface area contributed by atoms with Crippen molar-refractivity contribution >= 4 is 64.6 Å². The molecule has 5 aliphatic heterocycles. The van der Waals surface area contributed by atoms with Crippen LogP contribution in [0.2, 0.25) is 10.0 Å². The highest BCUT2D eigenvalue weighted by Crippen LogP contribution is 2.39. The number of aromatic nitrogens is 1. The number of fused-ring (bicyclic) bond motifs is 1. The van der Waals surface area contributed by atoms with Gasteiger partial charge in [0.05, 0.1) is 40.6 Å². The number of hydrogen-bond acceptors (Lipinski definition) is 11. The molecule has 97 heavy (non-hydrogen) atoms. The molecule has 6 heterocycles. The number of likely N-dealkylation sites (tertiary alicyclic amines) is 4. The van der Waals surface area contributed by atoms with Gasteiger partial charge in [-0.15, -0.1) is 0 Å². The molecule has 4 fully saturated rings. The molecule has 504 valence electrons. The minimum Gasteiger partial charge on any atom is -0.497 e.